The van der Waals surface area contributed by atoms with Crippen molar-refractivity contribution in [1.82, 2.24) is 10.6 Å². The van der Waals surface area contributed by atoms with E-state index in [-0.39, 0.29) is 11.8 Å². The number of rotatable bonds is 3. The lowest BCUT2D eigenvalue weighted by Crippen LogP contribution is -2.34. The Labute approximate surface area is 123 Å². The lowest BCUT2D eigenvalue weighted by molar-refractivity contribution is 0.0902. The fourth-order valence-corrected chi connectivity index (χ4v) is 2.65. The van der Waals surface area contributed by atoms with E-state index in [0.717, 1.165) is 23.1 Å². The standard InChI is InChI=1S/C16H20N2O3/c1-9-3-11-5-15(21-14(11)4-10(9)2)16(20)18-7-12-6-17-8-13(12)19/h3-5,12-13,17,19H,6-8H2,1-2H3,(H,18,20). The molecule has 1 fully saturated rings. The zero-order valence-corrected chi connectivity index (χ0v) is 12.3. The third-order valence-electron chi connectivity index (χ3n) is 4.19. The second-order valence-electron chi connectivity index (χ2n) is 5.78. The molecule has 0 bridgehead atoms. The van der Waals surface area contributed by atoms with E-state index >= 15 is 0 Å². The Morgan fingerprint density at radius 1 is 1.33 bits per heavy atom. The average Bonchev–Trinajstić information content (AvgIpc) is 3.03. The second-order valence-corrected chi connectivity index (χ2v) is 5.78. The van der Waals surface area contributed by atoms with E-state index < -0.39 is 6.10 Å². The van der Waals surface area contributed by atoms with Gasteiger partial charge in [-0.05, 0) is 43.2 Å². The molecule has 2 atom stereocenters. The Kier molecular flexibility index (Phi) is 3.69. The van der Waals surface area contributed by atoms with Crippen LogP contribution in [0.5, 0.6) is 0 Å². The Morgan fingerprint density at radius 2 is 2.10 bits per heavy atom. The van der Waals surface area contributed by atoms with Crippen molar-refractivity contribution in [3.8, 4) is 0 Å². The van der Waals surface area contributed by atoms with Gasteiger partial charge < -0.3 is 20.2 Å². The SMILES string of the molecule is Cc1cc2cc(C(=O)NCC3CNCC3O)oc2cc1C. The molecule has 1 saturated heterocycles. The molecule has 1 aliphatic rings. The fourth-order valence-electron chi connectivity index (χ4n) is 2.65. The maximum Gasteiger partial charge on any atom is 0.287 e. The third-order valence-corrected chi connectivity index (χ3v) is 4.19. The molecular formula is C16H20N2O3. The Balaban J connectivity index is 1.72. The van der Waals surface area contributed by atoms with Crippen LogP contribution in [0.2, 0.25) is 0 Å². The summed E-state index contributed by atoms with van der Waals surface area (Å²) in [7, 11) is 0. The maximum atomic E-state index is 12.1. The van der Waals surface area contributed by atoms with Crippen LogP contribution in [0.15, 0.2) is 22.6 Å². The van der Waals surface area contributed by atoms with Crippen LogP contribution in [-0.4, -0.2) is 36.8 Å². The number of carbonyl (C=O) groups is 1. The first-order chi connectivity index (χ1) is 10.0. The Hall–Kier alpha value is -1.85. The highest BCUT2D eigenvalue weighted by atomic mass is 16.3. The van der Waals surface area contributed by atoms with Crippen LogP contribution in [-0.2, 0) is 0 Å². The van der Waals surface area contributed by atoms with E-state index in [1.165, 1.54) is 5.56 Å². The number of fused-ring (bicyclic) bond motifs is 1. The summed E-state index contributed by atoms with van der Waals surface area (Å²) in [5.41, 5.74) is 3.05. The van der Waals surface area contributed by atoms with Gasteiger partial charge in [-0.3, -0.25) is 4.79 Å². The predicted molar refractivity (Wildman–Crippen MR) is 80.4 cm³/mol. The monoisotopic (exact) mass is 288 g/mol. The van der Waals surface area contributed by atoms with E-state index in [1.54, 1.807) is 6.07 Å². The van der Waals surface area contributed by atoms with Gasteiger partial charge in [0.15, 0.2) is 5.76 Å². The smallest absolute Gasteiger partial charge is 0.287 e. The summed E-state index contributed by atoms with van der Waals surface area (Å²) in [6, 6.07) is 5.74. The van der Waals surface area contributed by atoms with Gasteiger partial charge in [-0.1, -0.05) is 0 Å². The van der Waals surface area contributed by atoms with Crippen molar-refractivity contribution >= 4 is 16.9 Å². The van der Waals surface area contributed by atoms with Gasteiger partial charge in [-0.25, -0.2) is 0 Å². The van der Waals surface area contributed by atoms with Crippen molar-refractivity contribution in [2.24, 2.45) is 5.92 Å². The minimum absolute atomic E-state index is 0.0582. The molecule has 5 nitrogen and oxygen atoms in total. The summed E-state index contributed by atoms with van der Waals surface area (Å²) in [4.78, 5) is 12.1. The molecule has 1 aromatic heterocycles. The van der Waals surface area contributed by atoms with Gasteiger partial charge in [-0.15, -0.1) is 0 Å². The van der Waals surface area contributed by atoms with Crippen molar-refractivity contribution in [1.29, 1.82) is 0 Å². The summed E-state index contributed by atoms with van der Waals surface area (Å²) in [5.74, 6) is 0.138. The molecule has 2 unspecified atom stereocenters. The fraction of sp³-hybridized carbons (Fsp3) is 0.438. The van der Waals surface area contributed by atoms with Gasteiger partial charge >= 0.3 is 0 Å². The summed E-state index contributed by atoms with van der Waals surface area (Å²) >= 11 is 0. The van der Waals surface area contributed by atoms with Crippen LogP contribution in [0.25, 0.3) is 11.0 Å². The molecule has 2 aromatic rings. The van der Waals surface area contributed by atoms with Crippen LogP contribution in [0.1, 0.15) is 21.7 Å². The zero-order chi connectivity index (χ0) is 15.0. The number of aryl methyl sites for hydroxylation is 2. The van der Waals surface area contributed by atoms with Crippen LogP contribution >= 0.6 is 0 Å². The van der Waals surface area contributed by atoms with Crippen molar-refractivity contribution in [2.45, 2.75) is 20.0 Å². The highest BCUT2D eigenvalue weighted by Crippen LogP contribution is 2.23. The summed E-state index contributed by atoms with van der Waals surface area (Å²) in [6.45, 7) is 5.81. The number of hydrogen-bond acceptors (Lipinski definition) is 4. The van der Waals surface area contributed by atoms with E-state index in [9.17, 15) is 9.90 Å². The molecule has 3 rings (SSSR count). The molecule has 0 radical (unpaired) electrons. The van der Waals surface area contributed by atoms with Crippen molar-refractivity contribution in [3.05, 3.63) is 35.1 Å². The molecule has 0 aliphatic carbocycles. The number of aliphatic hydroxyl groups excluding tert-OH is 1. The van der Waals surface area contributed by atoms with E-state index in [1.807, 2.05) is 26.0 Å². The van der Waals surface area contributed by atoms with Crippen LogP contribution < -0.4 is 10.6 Å². The highest BCUT2D eigenvalue weighted by molar-refractivity contribution is 5.96. The van der Waals surface area contributed by atoms with Crippen molar-refractivity contribution in [3.63, 3.8) is 0 Å². The molecule has 112 valence electrons. The Morgan fingerprint density at radius 3 is 2.81 bits per heavy atom. The van der Waals surface area contributed by atoms with Gasteiger partial charge in [-0.2, -0.15) is 0 Å². The quantitative estimate of drug-likeness (QED) is 0.797. The molecule has 21 heavy (non-hydrogen) atoms. The first kappa shape index (κ1) is 14.1. The van der Waals surface area contributed by atoms with Gasteiger partial charge in [0.1, 0.15) is 5.58 Å². The third kappa shape index (κ3) is 2.80. The largest absolute Gasteiger partial charge is 0.451 e. The summed E-state index contributed by atoms with van der Waals surface area (Å²) in [6.07, 6.45) is -0.397. The number of nitrogens with one attached hydrogen (secondary N) is 2. The number of furan rings is 1. The van der Waals surface area contributed by atoms with Gasteiger partial charge in [0.05, 0.1) is 6.10 Å². The lowest BCUT2D eigenvalue weighted by Gasteiger charge is -2.13. The maximum absolute atomic E-state index is 12.1. The van der Waals surface area contributed by atoms with E-state index in [2.05, 4.69) is 10.6 Å². The lowest BCUT2D eigenvalue weighted by atomic mass is 10.1. The normalized spacial score (nSPS) is 21.9. The van der Waals surface area contributed by atoms with Crippen LogP contribution in [0.3, 0.4) is 0 Å². The average molecular weight is 288 g/mol. The second kappa shape index (κ2) is 5.50. The van der Waals surface area contributed by atoms with Crippen molar-refractivity contribution in [2.75, 3.05) is 19.6 Å². The number of benzene rings is 1. The molecule has 1 aromatic carbocycles. The number of β-amino-alcohol motifs (C(OH)–C–C–N with tert-alkyl or cyclic N) is 1. The first-order valence-corrected chi connectivity index (χ1v) is 7.22. The first-order valence-electron chi connectivity index (χ1n) is 7.22. The number of hydrogen-bond donors (Lipinski definition) is 3. The van der Waals surface area contributed by atoms with E-state index in [4.69, 9.17) is 4.42 Å². The molecule has 0 spiro atoms. The molecule has 1 amide bonds. The van der Waals surface area contributed by atoms with Crippen LogP contribution in [0, 0.1) is 19.8 Å². The van der Waals surface area contributed by atoms with Crippen molar-refractivity contribution < 1.29 is 14.3 Å². The predicted octanol–water partition coefficient (Wildman–Crippen LogP) is 1.36. The molecule has 2 heterocycles. The summed E-state index contributed by atoms with van der Waals surface area (Å²) in [5, 5.41) is 16.6. The van der Waals surface area contributed by atoms with Crippen LogP contribution in [0.4, 0.5) is 0 Å². The highest BCUT2D eigenvalue weighted by Gasteiger charge is 2.25. The zero-order valence-electron chi connectivity index (χ0n) is 12.3. The van der Waals surface area contributed by atoms with Gasteiger partial charge in [0, 0.05) is 30.9 Å². The molecule has 1 aliphatic heterocycles. The Bertz CT molecular complexity index is 638. The number of carbonyl (C=O) groups excluding carboxylic acids is 1. The summed E-state index contributed by atoms with van der Waals surface area (Å²) < 4.78 is 5.62. The minimum atomic E-state index is -0.397. The van der Waals surface area contributed by atoms with Gasteiger partial charge in [0.25, 0.3) is 5.91 Å². The van der Waals surface area contributed by atoms with Gasteiger partial charge in [0.2, 0.25) is 0 Å². The van der Waals surface area contributed by atoms with E-state index in [0.29, 0.717) is 18.8 Å². The number of aliphatic hydroxyl groups is 1. The molecular weight excluding hydrogens is 268 g/mol. The minimum Gasteiger partial charge on any atom is -0.451 e. The molecule has 3 N–H and O–H groups in total. The number of amides is 1. The topological polar surface area (TPSA) is 74.5 Å². The molecule has 5 heteroatoms. The molecule has 0 saturated carbocycles.